The largest absolute Gasteiger partial charge is 0.459 e. The number of rotatable bonds is 10. The normalized spacial score (nSPS) is 21.1. The summed E-state index contributed by atoms with van der Waals surface area (Å²) >= 11 is 0. The van der Waals surface area contributed by atoms with Gasteiger partial charge in [-0.3, -0.25) is 9.59 Å². The Morgan fingerprint density at radius 3 is 2.68 bits per heavy atom. The number of anilines is 2. The lowest BCUT2D eigenvalue weighted by atomic mass is 9.85. The van der Waals surface area contributed by atoms with Crippen LogP contribution in [-0.2, 0) is 16.1 Å². The highest BCUT2D eigenvalue weighted by atomic mass is 16.5. The van der Waals surface area contributed by atoms with Crippen molar-refractivity contribution in [1.29, 1.82) is 0 Å². The van der Waals surface area contributed by atoms with Crippen LogP contribution in [0.2, 0.25) is 0 Å². The van der Waals surface area contributed by atoms with Crippen LogP contribution in [0, 0.1) is 5.92 Å². The standard InChI is InChI=1S/C30H40N8O3/c1-5-26(39)33-22-11-9-21(10-12-22)28(40)34-23-8-6-7-20(15-23)16-31-29-36-30(41-24-13-14-37(4)18-24)35-27-25(19(2)3)17-32-38(27)29/h5-8,15,17,19,21-22,24H,1,9-14,16,18H2,2-4H3,(H,33,39)(H,34,40)(H,31,35,36)/t21-,22+,24?. The number of aromatic nitrogens is 4. The molecule has 1 unspecified atom stereocenters. The van der Waals surface area contributed by atoms with Crippen LogP contribution in [0.3, 0.4) is 0 Å². The molecule has 3 N–H and O–H groups in total. The molecule has 3 heterocycles. The summed E-state index contributed by atoms with van der Waals surface area (Å²) in [6.07, 6.45) is 7.16. The molecule has 2 aliphatic rings. The third-order valence-electron chi connectivity index (χ3n) is 7.89. The molecule has 218 valence electrons. The molecule has 2 aromatic heterocycles. The molecule has 3 aromatic rings. The molecule has 11 heteroatoms. The van der Waals surface area contributed by atoms with Crippen molar-refractivity contribution < 1.29 is 14.3 Å². The highest BCUT2D eigenvalue weighted by Crippen LogP contribution is 2.27. The molecule has 0 bridgehead atoms. The summed E-state index contributed by atoms with van der Waals surface area (Å²) in [5.74, 6) is 0.582. The third kappa shape index (κ3) is 7.02. The number of carbonyl (C=O) groups is 2. The number of carbonyl (C=O) groups excluding carboxylic acids is 2. The van der Waals surface area contributed by atoms with Crippen molar-refractivity contribution in [1.82, 2.24) is 29.8 Å². The van der Waals surface area contributed by atoms with Crippen LogP contribution in [-0.4, -0.2) is 68.6 Å². The van der Waals surface area contributed by atoms with Crippen molar-refractivity contribution in [3.8, 4) is 6.01 Å². The first-order valence-corrected chi connectivity index (χ1v) is 14.5. The minimum absolute atomic E-state index is 0.0122. The van der Waals surface area contributed by atoms with Crippen molar-refractivity contribution in [2.75, 3.05) is 30.8 Å². The lowest BCUT2D eigenvalue weighted by Crippen LogP contribution is -2.38. The number of likely N-dealkylation sites (tertiary alicyclic amines) is 1. The van der Waals surface area contributed by atoms with Gasteiger partial charge in [0.05, 0.1) is 6.20 Å². The number of fused-ring (bicyclic) bond motifs is 1. The minimum Gasteiger partial charge on any atom is -0.459 e. The summed E-state index contributed by atoms with van der Waals surface area (Å²) in [5.41, 5.74) is 3.51. The second kappa shape index (κ2) is 12.7. The quantitative estimate of drug-likeness (QED) is 0.320. The van der Waals surface area contributed by atoms with Gasteiger partial charge in [-0.2, -0.15) is 19.6 Å². The van der Waals surface area contributed by atoms with Gasteiger partial charge in [0.25, 0.3) is 0 Å². The van der Waals surface area contributed by atoms with E-state index in [1.807, 2.05) is 30.5 Å². The maximum atomic E-state index is 13.0. The first-order chi connectivity index (χ1) is 19.8. The molecule has 1 atom stereocenters. The highest BCUT2D eigenvalue weighted by Gasteiger charge is 2.27. The van der Waals surface area contributed by atoms with Crippen LogP contribution in [0.1, 0.15) is 63.0 Å². The number of likely N-dealkylation sites (N-methyl/N-ethyl adjacent to an activating group) is 1. The number of ether oxygens (including phenoxy) is 1. The molecule has 11 nitrogen and oxygen atoms in total. The number of hydrogen-bond acceptors (Lipinski definition) is 8. The van der Waals surface area contributed by atoms with Gasteiger partial charge in [-0.25, -0.2) is 0 Å². The van der Waals surface area contributed by atoms with E-state index in [2.05, 4.69) is 58.4 Å². The average Bonchev–Trinajstić information content (AvgIpc) is 3.58. The molecule has 1 aromatic carbocycles. The molecule has 1 aliphatic carbocycles. The van der Waals surface area contributed by atoms with E-state index in [0.717, 1.165) is 67.7 Å². The van der Waals surface area contributed by atoms with Crippen molar-refractivity contribution in [2.45, 2.75) is 70.6 Å². The van der Waals surface area contributed by atoms with Gasteiger partial charge in [-0.1, -0.05) is 32.6 Å². The molecular weight excluding hydrogens is 520 g/mol. The van der Waals surface area contributed by atoms with Crippen molar-refractivity contribution in [2.24, 2.45) is 5.92 Å². The van der Waals surface area contributed by atoms with Crippen LogP contribution in [0.15, 0.2) is 43.1 Å². The van der Waals surface area contributed by atoms with Gasteiger partial charge in [0.2, 0.25) is 17.8 Å². The molecular formula is C30H40N8O3. The summed E-state index contributed by atoms with van der Waals surface area (Å²) in [5, 5.41) is 14.0. The Kier molecular flexibility index (Phi) is 8.82. The van der Waals surface area contributed by atoms with E-state index in [9.17, 15) is 9.59 Å². The van der Waals surface area contributed by atoms with Gasteiger partial charge in [-0.15, -0.1) is 0 Å². The molecule has 2 fully saturated rings. The van der Waals surface area contributed by atoms with Crippen LogP contribution in [0.4, 0.5) is 11.6 Å². The Balaban J connectivity index is 1.24. The molecule has 2 amide bonds. The summed E-state index contributed by atoms with van der Waals surface area (Å²) in [6, 6.07) is 8.25. The molecule has 41 heavy (non-hydrogen) atoms. The Bertz CT molecular complexity index is 1400. The van der Waals surface area contributed by atoms with Crippen molar-refractivity contribution >= 4 is 29.1 Å². The van der Waals surface area contributed by atoms with E-state index in [1.165, 1.54) is 6.08 Å². The number of amides is 2. The maximum Gasteiger partial charge on any atom is 0.322 e. The fourth-order valence-electron chi connectivity index (χ4n) is 5.53. The second-order valence-electron chi connectivity index (χ2n) is 11.4. The SMILES string of the molecule is C=CC(=O)N[C@H]1CC[C@@H](C(=O)Nc2cccc(CNc3nc(OC4CCN(C)C4)nc4c(C(C)C)cnn34)c2)CC1. The lowest BCUT2D eigenvalue weighted by molar-refractivity contribution is -0.121. The topological polar surface area (TPSA) is 126 Å². The predicted octanol–water partition coefficient (Wildman–Crippen LogP) is 3.74. The van der Waals surface area contributed by atoms with E-state index in [4.69, 9.17) is 9.72 Å². The molecule has 1 aliphatic heterocycles. The minimum atomic E-state index is -0.163. The van der Waals surface area contributed by atoms with Gasteiger partial charge in [0, 0.05) is 42.8 Å². The van der Waals surface area contributed by atoms with E-state index >= 15 is 0 Å². The summed E-state index contributed by atoms with van der Waals surface area (Å²) in [7, 11) is 2.08. The molecule has 1 saturated carbocycles. The van der Waals surface area contributed by atoms with Gasteiger partial charge in [0.1, 0.15) is 6.10 Å². The summed E-state index contributed by atoms with van der Waals surface area (Å²) in [6.45, 7) is 10.0. The Morgan fingerprint density at radius 2 is 1.98 bits per heavy atom. The fourth-order valence-corrected chi connectivity index (χ4v) is 5.53. The van der Waals surface area contributed by atoms with Crippen LogP contribution in [0.25, 0.3) is 5.65 Å². The zero-order valence-corrected chi connectivity index (χ0v) is 24.1. The van der Waals surface area contributed by atoms with Crippen LogP contribution >= 0.6 is 0 Å². The van der Waals surface area contributed by atoms with E-state index < -0.39 is 0 Å². The molecule has 5 rings (SSSR count). The molecule has 0 spiro atoms. The molecule has 0 radical (unpaired) electrons. The average molecular weight is 561 g/mol. The van der Waals surface area contributed by atoms with E-state index in [1.54, 1.807) is 4.52 Å². The van der Waals surface area contributed by atoms with Crippen molar-refractivity contribution in [3.05, 3.63) is 54.2 Å². The van der Waals surface area contributed by atoms with Crippen LogP contribution < -0.4 is 20.7 Å². The lowest BCUT2D eigenvalue weighted by Gasteiger charge is -2.28. The first-order valence-electron chi connectivity index (χ1n) is 14.5. The van der Waals surface area contributed by atoms with E-state index in [-0.39, 0.29) is 35.8 Å². The highest BCUT2D eigenvalue weighted by molar-refractivity contribution is 5.92. The maximum absolute atomic E-state index is 13.0. The number of nitrogens with zero attached hydrogens (tertiary/aromatic N) is 5. The summed E-state index contributed by atoms with van der Waals surface area (Å²) in [4.78, 5) is 36.2. The monoisotopic (exact) mass is 560 g/mol. The first kappa shape index (κ1) is 28.5. The fraction of sp³-hybridized carbons (Fsp3) is 0.500. The summed E-state index contributed by atoms with van der Waals surface area (Å²) < 4.78 is 7.91. The Hall–Kier alpha value is -3.99. The van der Waals surface area contributed by atoms with Gasteiger partial charge < -0.3 is 25.6 Å². The number of hydrogen-bond donors (Lipinski definition) is 3. The molecule has 1 saturated heterocycles. The number of nitrogens with one attached hydrogen (secondary N) is 3. The smallest absolute Gasteiger partial charge is 0.322 e. The zero-order valence-electron chi connectivity index (χ0n) is 24.1. The van der Waals surface area contributed by atoms with Crippen LogP contribution in [0.5, 0.6) is 6.01 Å². The Morgan fingerprint density at radius 1 is 1.17 bits per heavy atom. The van der Waals surface area contributed by atoms with Gasteiger partial charge in [0.15, 0.2) is 5.65 Å². The number of benzene rings is 1. The third-order valence-corrected chi connectivity index (χ3v) is 7.89. The Labute approximate surface area is 240 Å². The van der Waals surface area contributed by atoms with E-state index in [0.29, 0.717) is 18.5 Å². The second-order valence-corrected chi connectivity index (χ2v) is 11.4. The zero-order chi connectivity index (χ0) is 28.9. The van der Waals surface area contributed by atoms with Gasteiger partial charge in [-0.05, 0) is 68.8 Å². The van der Waals surface area contributed by atoms with Gasteiger partial charge >= 0.3 is 6.01 Å². The predicted molar refractivity (Wildman–Crippen MR) is 158 cm³/mol. The van der Waals surface area contributed by atoms with Crippen molar-refractivity contribution in [3.63, 3.8) is 0 Å².